The minimum Gasteiger partial charge on any atom is -0.399 e. The van der Waals surface area contributed by atoms with E-state index in [0.29, 0.717) is 31.2 Å². The Morgan fingerprint density at radius 3 is 1.93 bits per heavy atom. The third-order valence-electron chi connectivity index (χ3n) is 6.68. The van der Waals surface area contributed by atoms with Crippen LogP contribution in [0.25, 0.3) is 0 Å². The van der Waals surface area contributed by atoms with E-state index in [-0.39, 0.29) is 29.0 Å². The van der Waals surface area contributed by atoms with Crippen LogP contribution in [-0.4, -0.2) is 40.8 Å². The highest BCUT2D eigenvalue weighted by atomic mass is 19.4. The normalized spacial score (nSPS) is 15.9. The first-order valence-electron chi connectivity index (χ1n) is 12.9. The van der Waals surface area contributed by atoms with E-state index in [1.54, 1.807) is 0 Å². The maximum absolute atomic E-state index is 13.7. The van der Waals surface area contributed by atoms with Gasteiger partial charge < -0.3 is 15.5 Å². The van der Waals surface area contributed by atoms with Crippen molar-refractivity contribution in [2.45, 2.75) is 63.7 Å². The zero-order chi connectivity index (χ0) is 32.2. The Balaban J connectivity index is 2.18. The van der Waals surface area contributed by atoms with E-state index < -0.39 is 59.8 Å². The molecule has 1 aliphatic carbocycles. The van der Waals surface area contributed by atoms with Gasteiger partial charge in [0, 0.05) is 32.3 Å². The highest BCUT2D eigenvalue weighted by molar-refractivity contribution is 6.01. The summed E-state index contributed by atoms with van der Waals surface area (Å²) in [6.45, 7) is -1.28. The molecule has 0 bridgehead atoms. The van der Waals surface area contributed by atoms with Crippen LogP contribution in [0.1, 0.15) is 65.6 Å². The molecule has 3 rings (SSSR count). The van der Waals surface area contributed by atoms with E-state index in [2.05, 4.69) is 15.2 Å². The van der Waals surface area contributed by atoms with Gasteiger partial charge in [-0.3, -0.25) is 4.98 Å². The SMILES string of the molecule is CO/N=C(/c1ncc(C(F)(F)F)cc1CN(Cc1cc(C(F)(F)F)cc(C(F)(F)F)c1)/C(N)=N/N(C)N)C1CCCCC1. The topological polar surface area (TPSA) is 105 Å². The van der Waals surface area contributed by atoms with Gasteiger partial charge in [0.15, 0.2) is 0 Å². The maximum atomic E-state index is 13.7. The number of hydrazone groups is 1. The lowest BCUT2D eigenvalue weighted by Gasteiger charge is -2.28. The number of hydrazine groups is 1. The Morgan fingerprint density at radius 2 is 1.44 bits per heavy atom. The molecule has 1 aromatic carbocycles. The number of alkyl halides is 9. The minimum atomic E-state index is -5.12. The number of oxime groups is 1. The number of hydrogen-bond donors (Lipinski definition) is 2. The highest BCUT2D eigenvalue weighted by Crippen LogP contribution is 2.37. The first kappa shape index (κ1) is 33.7. The molecule has 238 valence electrons. The van der Waals surface area contributed by atoms with Gasteiger partial charge in [0.1, 0.15) is 12.8 Å². The van der Waals surface area contributed by atoms with Crippen LogP contribution in [0.2, 0.25) is 0 Å². The van der Waals surface area contributed by atoms with Crippen LogP contribution in [0, 0.1) is 5.92 Å². The van der Waals surface area contributed by atoms with Gasteiger partial charge in [-0.1, -0.05) is 24.4 Å². The summed E-state index contributed by atoms with van der Waals surface area (Å²) in [4.78, 5) is 10.0. The molecule has 2 aromatic rings. The quantitative estimate of drug-likeness (QED) is 0.120. The number of hydrogen-bond acceptors (Lipinski definition) is 6. The van der Waals surface area contributed by atoms with E-state index in [4.69, 9.17) is 16.4 Å². The van der Waals surface area contributed by atoms with Crippen LogP contribution < -0.4 is 11.6 Å². The Bertz CT molecular complexity index is 1280. The van der Waals surface area contributed by atoms with Gasteiger partial charge in [-0.05, 0) is 48.2 Å². The molecule has 0 radical (unpaired) electrons. The smallest absolute Gasteiger partial charge is 0.399 e. The van der Waals surface area contributed by atoms with Crippen LogP contribution in [-0.2, 0) is 36.5 Å². The standard InChI is InChI=1S/C26H30F9N7O/c1-41(37)39-23(36)42(13-15-8-18(24(27,28)29)11-19(9-15)25(30,31)32)14-17-10-20(26(33,34)35)12-38-21(17)22(40-43-2)16-6-4-3-5-7-16/h8-12,16H,3-7,13-14,37H2,1-2H3,(H2,36,39)/b40-22+. The fraction of sp³-hybridized carbons (Fsp3) is 0.500. The lowest BCUT2D eigenvalue weighted by molar-refractivity contribution is -0.143. The molecule has 17 heteroatoms. The van der Waals surface area contributed by atoms with Crippen molar-refractivity contribution in [1.29, 1.82) is 0 Å². The van der Waals surface area contributed by atoms with Crippen molar-refractivity contribution < 1.29 is 44.4 Å². The summed E-state index contributed by atoms with van der Waals surface area (Å²) < 4.78 is 122. The molecule has 1 aromatic heterocycles. The molecular formula is C26H30F9N7O. The molecule has 1 saturated carbocycles. The van der Waals surface area contributed by atoms with Gasteiger partial charge in [0.05, 0.1) is 22.4 Å². The summed E-state index contributed by atoms with van der Waals surface area (Å²) in [6, 6.07) is 1.72. The van der Waals surface area contributed by atoms with Gasteiger partial charge in [0.25, 0.3) is 0 Å². The highest BCUT2D eigenvalue weighted by Gasteiger charge is 2.38. The molecule has 1 fully saturated rings. The molecule has 0 amide bonds. The van der Waals surface area contributed by atoms with Crippen LogP contribution in [0.3, 0.4) is 0 Å². The molecular weight excluding hydrogens is 597 g/mol. The summed E-state index contributed by atoms with van der Waals surface area (Å²) >= 11 is 0. The van der Waals surface area contributed by atoms with Gasteiger partial charge >= 0.3 is 18.5 Å². The van der Waals surface area contributed by atoms with E-state index in [0.717, 1.165) is 35.3 Å². The summed E-state index contributed by atoms with van der Waals surface area (Å²) in [5, 5.41) is 8.54. The van der Waals surface area contributed by atoms with Gasteiger partial charge in [0.2, 0.25) is 5.96 Å². The number of aromatic nitrogens is 1. The summed E-state index contributed by atoms with van der Waals surface area (Å²) in [6.07, 6.45) is -10.5. The van der Waals surface area contributed by atoms with Crippen molar-refractivity contribution in [3.05, 3.63) is 64.0 Å². The lowest BCUT2D eigenvalue weighted by atomic mass is 9.83. The molecule has 43 heavy (non-hydrogen) atoms. The van der Waals surface area contributed by atoms with E-state index in [1.807, 2.05) is 0 Å². The molecule has 0 aliphatic heterocycles. The van der Waals surface area contributed by atoms with Gasteiger partial charge in [-0.15, -0.1) is 5.10 Å². The molecule has 0 saturated heterocycles. The molecule has 0 unspecified atom stereocenters. The number of nitrogens with zero attached hydrogens (tertiary/aromatic N) is 5. The Labute approximate surface area is 241 Å². The van der Waals surface area contributed by atoms with Gasteiger partial charge in [-0.25, -0.2) is 11.0 Å². The number of nitrogens with two attached hydrogens (primary N) is 2. The molecule has 1 aliphatic rings. The third kappa shape index (κ3) is 9.11. The number of halogens is 9. The van der Waals surface area contributed by atoms with Crippen molar-refractivity contribution in [3.63, 3.8) is 0 Å². The molecule has 1 heterocycles. The molecule has 0 atom stereocenters. The second-order valence-corrected chi connectivity index (χ2v) is 10.0. The van der Waals surface area contributed by atoms with E-state index in [9.17, 15) is 39.5 Å². The van der Waals surface area contributed by atoms with Crippen molar-refractivity contribution in [3.8, 4) is 0 Å². The molecule has 0 spiro atoms. The molecule has 4 N–H and O–H groups in total. The fourth-order valence-corrected chi connectivity index (χ4v) is 4.78. The number of benzene rings is 1. The predicted octanol–water partition coefficient (Wildman–Crippen LogP) is 6.11. The first-order chi connectivity index (χ1) is 19.9. The van der Waals surface area contributed by atoms with Crippen molar-refractivity contribution >= 4 is 11.7 Å². The van der Waals surface area contributed by atoms with Crippen LogP contribution in [0.15, 0.2) is 40.7 Å². The number of guanidine groups is 1. The predicted molar refractivity (Wildman–Crippen MR) is 139 cm³/mol. The van der Waals surface area contributed by atoms with Gasteiger partial charge in [-0.2, -0.15) is 39.5 Å². The van der Waals surface area contributed by atoms with Crippen molar-refractivity contribution in [2.75, 3.05) is 14.2 Å². The Morgan fingerprint density at radius 1 is 0.884 bits per heavy atom. The average molecular weight is 628 g/mol. The van der Waals surface area contributed by atoms with E-state index >= 15 is 0 Å². The Kier molecular flexibility index (Phi) is 10.4. The summed E-state index contributed by atoms with van der Waals surface area (Å²) in [5.41, 5.74) is 1.41. The second kappa shape index (κ2) is 13.3. The minimum absolute atomic E-state index is 0.0145. The fourth-order valence-electron chi connectivity index (χ4n) is 4.78. The Hall–Kier alpha value is -3.76. The summed E-state index contributed by atoms with van der Waals surface area (Å²) in [5.74, 6) is 4.81. The van der Waals surface area contributed by atoms with Crippen molar-refractivity contribution in [1.82, 2.24) is 15.0 Å². The van der Waals surface area contributed by atoms with Crippen LogP contribution in [0.5, 0.6) is 0 Å². The average Bonchev–Trinajstić information content (AvgIpc) is 2.90. The van der Waals surface area contributed by atoms with Crippen LogP contribution >= 0.6 is 0 Å². The number of pyridine rings is 1. The zero-order valence-corrected chi connectivity index (χ0v) is 23.1. The largest absolute Gasteiger partial charge is 0.417 e. The molecule has 8 nitrogen and oxygen atoms in total. The zero-order valence-electron chi connectivity index (χ0n) is 23.1. The third-order valence-corrected chi connectivity index (χ3v) is 6.68. The lowest BCUT2D eigenvalue weighted by Crippen LogP contribution is -2.40. The maximum Gasteiger partial charge on any atom is 0.417 e. The van der Waals surface area contributed by atoms with E-state index in [1.165, 1.54) is 14.2 Å². The first-order valence-corrected chi connectivity index (χ1v) is 12.9. The number of rotatable bonds is 8. The monoisotopic (exact) mass is 627 g/mol. The second-order valence-electron chi connectivity index (χ2n) is 10.0. The summed E-state index contributed by atoms with van der Waals surface area (Å²) in [7, 11) is 2.49. The van der Waals surface area contributed by atoms with Crippen molar-refractivity contribution in [2.24, 2.45) is 27.8 Å². The van der Waals surface area contributed by atoms with Crippen LogP contribution in [0.4, 0.5) is 39.5 Å².